The van der Waals surface area contributed by atoms with Crippen molar-refractivity contribution in [2.45, 2.75) is 6.92 Å². The zero-order valence-corrected chi connectivity index (χ0v) is 10.2. The molecule has 18 heavy (non-hydrogen) atoms. The van der Waals surface area contributed by atoms with E-state index in [4.69, 9.17) is 0 Å². The van der Waals surface area contributed by atoms with Crippen molar-refractivity contribution in [2.24, 2.45) is 7.05 Å². The first kappa shape index (κ1) is 10.7. The molecule has 90 valence electrons. The number of aryl methyl sites for hydroxylation is 1. The molecule has 0 spiro atoms. The minimum Gasteiger partial charge on any atom is -0.294 e. The number of ketones is 1. The molecule has 0 unspecified atom stereocenters. The van der Waals surface area contributed by atoms with Gasteiger partial charge in [-0.15, -0.1) is 9.90 Å². The summed E-state index contributed by atoms with van der Waals surface area (Å²) in [6.07, 6.45) is 1.90. The SMILES string of the molecule is CC(=O)c1c(-c2ccccc2)c[n+]2[nH]n(C)nc1-2. The van der Waals surface area contributed by atoms with E-state index >= 15 is 0 Å². The summed E-state index contributed by atoms with van der Waals surface area (Å²) in [4.78, 5) is 13.4. The molecule has 0 fully saturated rings. The summed E-state index contributed by atoms with van der Waals surface area (Å²) < 4.78 is 1.76. The molecule has 5 nitrogen and oxygen atoms in total. The molecule has 0 saturated heterocycles. The second-order valence-corrected chi connectivity index (χ2v) is 4.26. The van der Waals surface area contributed by atoms with Gasteiger partial charge in [-0.2, -0.15) is 0 Å². The van der Waals surface area contributed by atoms with Gasteiger partial charge in [0.1, 0.15) is 18.8 Å². The number of H-pyrrole nitrogens is 1. The number of aromatic amines is 1. The van der Waals surface area contributed by atoms with Crippen LogP contribution in [0.15, 0.2) is 36.5 Å². The van der Waals surface area contributed by atoms with Crippen molar-refractivity contribution >= 4 is 5.78 Å². The number of carbonyl (C=O) groups is 1. The van der Waals surface area contributed by atoms with Gasteiger partial charge >= 0.3 is 5.82 Å². The normalized spacial score (nSPS) is 11.0. The summed E-state index contributed by atoms with van der Waals surface area (Å²) in [5.74, 6) is 0.673. The molecule has 1 N–H and O–H groups in total. The van der Waals surface area contributed by atoms with Crippen LogP contribution in [-0.2, 0) is 7.05 Å². The summed E-state index contributed by atoms with van der Waals surface area (Å²) in [5, 5.41) is 7.30. The topological polar surface area (TPSA) is 54.6 Å². The molecule has 0 bridgehead atoms. The number of nitrogens with one attached hydrogen (secondary N) is 1. The molecule has 0 atom stereocenters. The Morgan fingerprint density at radius 2 is 2.06 bits per heavy atom. The van der Waals surface area contributed by atoms with Crippen LogP contribution in [-0.4, -0.2) is 20.9 Å². The van der Waals surface area contributed by atoms with Gasteiger partial charge in [0, 0.05) is 5.56 Å². The lowest BCUT2D eigenvalue weighted by molar-refractivity contribution is -0.658. The number of fused-ring (bicyclic) bond motifs is 1. The van der Waals surface area contributed by atoms with Gasteiger partial charge in [0.05, 0.1) is 5.10 Å². The minimum absolute atomic E-state index is 0.0171. The van der Waals surface area contributed by atoms with Gasteiger partial charge in [-0.3, -0.25) is 4.79 Å². The second kappa shape index (κ2) is 3.80. The van der Waals surface area contributed by atoms with Crippen LogP contribution in [0.2, 0.25) is 0 Å². The number of aromatic nitrogens is 4. The minimum atomic E-state index is 0.0171. The van der Waals surface area contributed by atoms with Gasteiger partial charge in [-0.05, 0) is 17.3 Å². The van der Waals surface area contributed by atoms with E-state index in [1.165, 1.54) is 0 Å². The zero-order valence-electron chi connectivity index (χ0n) is 10.2. The third-order valence-electron chi connectivity index (χ3n) is 2.91. The van der Waals surface area contributed by atoms with Crippen molar-refractivity contribution < 1.29 is 9.48 Å². The fourth-order valence-electron chi connectivity index (χ4n) is 2.17. The predicted octanol–water partition coefficient (Wildman–Crippen LogP) is 1.33. The lowest BCUT2D eigenvalue weighted by Gasteiger charge is -1.98. The Balaban J connectivity index is 2.29. The second-order valence-electron chi connectivity index (χ2n) is 4.26. The van der Waals surface area contributed by atoms with Gasteiger partial charge in [0.25, 0.3) is 0 Å². The Morgan fingerprint density at radius 1 is 1.33 bits per heavy atom. The summed E-state index contributed by atoms with van der Waals surface area (Å²) in [7, 11) is 1.79. The number of Topliss-reactive ketones (excluding diaryl/α,β-unsaturated/α-hetero) is 1. The molecule has 0 radical (unpaired) electrons. The maximum absolute atomic E-state index is 11.8. The highest BCUT2D eigenvalue weighted by Crippen LogP contribution is 2.26. The highest BCUT2D eigenvalue weighted by molar-refractivity contribution is 6.03. The average Bonchev–Trinajstić information content (AvgIpc) is 2.85. The molecular weight excluding hydrogens is 228 g/mol. The fourth-order valence-corrected chi connectivity index (χ4v) is 2.17. The summed E-state index contributed by atoms with van der Waals surface area (Å²) >= 11 is 0. The monoisotopic (exact) mass is 241 g/mol. The number of carbonyl (C=O) groups excluding carboxylic acids is 1. The lowest BCUT2D eigenvalue weighted by Crippen LogP contribution is -2.30. The van der Waals surface area contributed by atoms with Crippen LogP contribution in [0.25, 0.3) is 16.9 Å². The van der Waals surface area contributed by atoms with Crippen molar-refractivity contribution in [1.82, 2.24) is 15.1 Å². The van der Waals surface area contributed by atoms with E-state index < -0.39 is 0 Å². The maximum atomic E-state index is 11.8. The third kappa shape index (κ3) is 1.52. The lowest BCUT2D eigenvalue weighted by atomic mass is 10.0. The molecule has 5 heteroatoms. The smallest absolute Gasteiger partial charge is 0.294 e. The largest absolute Gasteiger partial charge is 0.336 e. The predicted molar refractivity (Wildman–Crippen MR) is 65.7 cm³/mol. The number of nitrogens with zero attached hydrogens (tertiary/aromatic N) is 3. The number of benzene rings is 1. The number of hydrogen-bond donors (Lipinski definition) is 1. The van der Waals surface area contributed by atoms with Crippen molar-refractivity contribution in [3.63, 3.8) is 0 Å². The van der Waals surface area contributed by atoms with E-state index in [0.717, 1.165) is 11.1 Å². The van der Waals surface area contributed by atoms with Crippen molar-refractivity contribution in [2.75, 3.05) is 0 Å². The molecule has 2 heterocycles. The van der Waals surface area contributed by atoms with Crippen LogP contribution in [0.3, 0.4) is 0 Å². The molecule has 3 rings (SSSR count). The van der Waals surface area contributed by atoms with Crippen LogP contribution in [0, 0.1) is 0 Å². The van der Waals surface area contributed by atoms with Crippen LogP contribution in [0.1, 0.15) is 17.3 Å². The summed E-state index contributed by atoms with van der Waals surface area (Å²) in [5.41, 5.74) is 2.57. The standard InChI is InChI=1S/C13H12N4O/c1-9(18)12-11(10-6-4-3-5-7-10)8-17-13(12)14-16(2)15-17/h3-8H,1-2H3/p+1. The molecule has 1 aromatic carbocycles. The average molecular weight is 241 g/mol. The van der Waals surface area contributed by atoms with Crippen LogP contribution in [0.4, 0.5) is 0 Å². The van der Waals surface area contributed by atoms with E-state index in [-0.39, 0.29) is 5.78 Å². The first-order valence-electron chi connectivity index (χ1n) is 5.70. The van der Waals surface area contributed by atoms with Gasteiger partial charge in [-0.25, -0.2) is 0 Å². The van der Waals surface area contributed by atoms with Gasteiger partial charge < -0.3 is 0 Å². The number of rotatable bonds is 2. The Kier molecular flexibility index (Phi) is 2.26. The first-order chi connectivity index (χ1) is 8.66. The van der Waals surface area contributed by atoms with E-state index in [9.17, 15) is 4.79 Å². The van der Waals surface area contributed by atoms with Gasteiger partial charge in [0.2, 0.25) is 0 Å². The van der Waals surface area contributed by atoms with Gasteiger partial charge in [-0.1, -0.05) is 30.3 Å². The van der Waals surface area contributed by atoms with E-state index in [0.29, 0.717) is 11.4 Å². The highest BCUT2D eigenvalue weighted by Gasteiger charge is 2.29. The molecule has 0 amide bonds. The first-order valence-corrected chi connectivity index (χ1v) is 5.70. The number of hydrogen-bond acceptors (Lipinski definition) is 2. The Hall–Kier alpha value is -2.43. The summed E-state index contributed by atoms with van der Waals surface area (Å²) in [6, 6.07) is 9.84. The molecule has 0 aliphatic carbocycles. The Morgan fingerprint density at radius 3 is 2.72 bits per heavy atom. The van der Waals surface area contributed by atoms with E-state index in [2.05, 4.69) is 10.3 Å². The van der Waals surface area contributed by atoms with Crippen molar-refractivity contribution in [3.8, 4) is 16.9 Å². The Bertz CT molecular complexity index is 681. The summed E-state index contributed by atoms with van der Waals surface area (Å²) in [6.45, 7) is 1.57. The van der Waals surface area contributed by atoms with Gasteiger partial charge in [0.15, 0.2) is 5.78 Å². The Labute approximate surface area is 104 Å². The fraction of sp³-hybridized carbons (Fsp3) is 0.154. The molecule has 2 aliphatic heterocycles. The van der Waals surface area contributed by atoms with Crippen molar-refractivity contribution in [1.29, 1.82) is 0 Å². The van der Waals surface area contributed by atoms with Crippen LogP contribution < -0.4 is 4.68 Å². The number of tetrazole rings is 1. The molecule has 2 aliphatic rings. The van der Waals surface area contributed by atoms with E-state index in [1.54, 1.807) is 23.4 Å². The van der Waals surface area contributed by atoms with Crippen LogP contribution in [0.5, 0.6) is 0 Å². The molecule has 0 saturated carbocycles. The zero-order chi connectivity index (χ0) is 12.7. The third-order valence-corrected chi connectivity index (χ3v) is 2.91. The van der Waals surface area contributed by atoms with E-state index in [1.807, 2.05) is 36.5 Å². The maximum Gasteiger partial charge on any atom is 0.336 e. The van der Waals surface area contributed by atoms with Crippen molar-refractivity contribution in [3.05, 3.63) is 42.1 Å². The molecule has 0 aromatic heterocycles. The van der Waals surface area contributed by atoms with Crippen LogP contribution >= 0.6 is 0 Å². The highest BCUT2D eigenvalue weighted by atomic mass is 16.1. The quantitative estimate of drug-likeness (QED) is 0.543. The molecule has 1 aromatic rings. The molecular formula is C13H13N4O+.